The molecule has 4 rings (SSSR count). The highest BCUT2D eigenvalue weighted by Gasteiger charge is 2.56. The third kappa shape index (κ3) is 7.47. The van der Waals surface area contributed by atoms with Crippen LogP contribution in [0.3, 0.4) is 0 Å². The van der Waals surface area contributed by atoms with E-state index in [-0.39, 0.29) is 35.9 Å². The van der Waals surface area contributed by atoms with Crippen LogP contribution in [-0.2, 0) is 42.5 Å². The largest absolute Gasteiger partial charge is 0.478 e. The maximum Gasteiger partial charge on any atom is 0.362 e. The van der Waals surface area contributed by atoms with E-state index in [4.69, 9.17) is 10.6 Å². The normalized spacial score (nSPS) is 20.3. The van der Waals surface area contributed by atoms with Crippen molar-refractivity contribution in [3.8, 4) is 0 Å². The number of carboxylic acids is 1. The Morgan fingerprint density at radius 3 is 2.55 bits per heavy atom. The fourth-order valence-corrected chi connectivity index (χ4v) is 6.04. The predicted molar refractivity (Wildman–Crippen MR) is 150 cm³/mol. The number of ketones is 1. The van der Waals surface area contributed by atoms with Crippen molar-refractivity contribution in [1.29, 1.82) is 0 Å². The van der Waals surface area contributed by atoms with Crippen molar-refractivity contribution in [2.24, 2.45) is 11.1 Å². The Balaban J connectivity index is 1.46. The van der Waals surface area contributed by atoms with Crippen molar-refractivity contribution in [2.75, 3.05) is 33.4 Å². The van der Waals surface area contributed by atoms with Crippen LogP contribution >= 0.6 is 11.3 Å². The lowest BCUT2D eigenvalue weighted by molar-refractivity contribution is -0.870. The van der Waals surface area contributed by atoms with Crippen molar-refractivity contribution < 1.29 is 41.8 Å². The molecule has 1 amide bonds. The van der Waals surface area contributed by atoms with Gasteiger partial charge in [0.25, 0.3) is 0 Å². The summed E-state index contributed by atoms with van der Waals surface area (Å²) in [5, 5.41) is 23.3. The van der Waals surface area contributed by atoms with Crippen molar-refractivity contribution in [3.05, 3.63) is 23.0 Å². The molecule has 2 aliphatic rings. The Morgan fingerprint density at radius 1 is 1.26 bits per heavy atom. The first-order valence-electron chi connectivity index (χ1n) is 13.3. The van der Waals surface area contributed by atoms with E-state index in [1.807, 2.05) is 0 Å². The van der Waals surface area contributed by atoms with Crippen molar-refractivity contribution in [1.82, 2.24) is 24.3 Å². The SMILES string of the molecule is C[N+](C)(C)CCCCCc1cnn(C[C@@H]2[C@H](CC(=O)/C(=N\OC3(C(=O)O)CC3)c3csc(N)n3)C(=O)N2S(=O)(=O)O)n1. The van der Waals surface area contributed by atoms with Crippen molar-refractivity contribution >= 4 is 50.1 Å². The van der Waals surface area contributed by atoms with E-state index in [0.29, 0.717) is 16.4 Å². The van der Waals surface area contributed by atoms with Gasteiger partial charge in [-0.05, 0) is 25.7 Å². The molecular weight excluding hydrogens is 592 g/mol. The molecule has 2 aromatic heterocycles. The van der Waals surface area contributed by atoms with Gasteiger partial charge >= 0.3 is 16.3 Å². The maximum absolute atomic E-state index is 13.3. The lowest BCUT2D eigenvalue weighted by Gasteiger charge is -2.43. The Bertz CT molecular complexity index is 1470. The minimum absolute atomic E-state index is 0.0264. The second-order valence-electron chi connectivity index (χ2n) is 11.5. The number of carbonyl (C=O) groups excluding carboxylic acids is 2. The highest BCUT2D eigenvalue weighted by molar-refractivity contribution is 7.84. The van der Waals surface area contributed by atoms with E-state index >= 15 is 0 Å². The number of nitrogens with zero attached hydrogens (tertiary/aromatic N) is 7. The van der Waals surface area contributed by atoms with Crippen LogP contribution in [0.25, 0.3) is 0 Å². The minimum Gasteiger partial charge on any atom is -0.478 e. The number of carbonyl (C=O) groups is 3. The summed E-state index contributed by atoms with van der Waals surface area (Å²) in [5.41, 5.74) is 4.52. The van der Waals surface area contributed by atoms with Gasteiger partial charge < -0.3 is 20.2 Å². The zero-order chi connectivity index (χ0) is 30.9. The van der Waals surface area contributed by atoms with Gasteiger partial charge in [-0.3, -0.25) is 14.1 Å². The van der Waals surface area contributed by atoms with Gasteiger partial charge in [-0.15, -0.1) is 11.3 Å². The van der Waals surface area contributed by atoms with Gasteiger partial charge in [0.1, 0.15) is 5.69 Å². The molecule has 18 heteroatoms. The number of hydrogen-bond acceptors (Lipinski definition) is 12. The molecular formula is C24H35N8O8S2+. The highest BCUT2D eigenvalue weighted by Crippen LogP contribution is 2.40. The second kappa shape index (κ2) is 12.0. The molecule has 0 bridgehead atoms. The Kier molecular flexibility index (Phi) is 9.00. The third-order valence-corrected chi connectivity index (χ3v) is 8.71. The van der Waals surface area contributed by atoms with Gasteiger partial charge in [-0.2, -0.15) is 23.4 Å². The number of β-lactam (4-membered cyclic amide) rings is 1. The topological polar surface area (TPSA) is 220 Å². The van der Waals surface area contributed by atoms with Crippen LogP contribution < -0.4 is 5.73 Å². The number of hydrogen-bond donors (Lipinski definition) is 3. The van der Waals surface area contributed by atoms with Crippen LogP contribution in [0.5, 0.6) is 0 Å². The Labute approximate surface area is 246 Å². The molecule has 0 spiro atoms. The van der Waals surface area contributed by atoms with E-state index in [9.17, 15) is 32.5 Å². The predicted octanol–water partition coefficient (Wildman–Crippen LogP) is 0.363. The van der Waals surface area contributed by atoms with E-state index in [0.717, 1.165) is 41.6 Å². The first kappa shape index (κ1) is 31.5. The first-order chi connectivity index (χ1) is 19.6. The number of aryl methyl sites for hydroxylation is 1. The highest BCUT2D eigenvalue weighted by atomic mass is 32.2. The van der Waals surface area contributed by atoms with Crippen LogP contribution in [-0.4, -0.2) is 110 Å². The summed E-state index contributed by atoms with van der Waals surface area (Å²) in [6.07, 6.45) is 5.07. The summed E-state index contributed by atoms with van der Waals surface area (Å²) in [6, 6.07) is -1.15. The summed E-state index contributed by atoms with van der Waals surface area (Å²) in [4.78, 5) is 48.1. The summed E-state index contributed by atoms with van der Waals surface area (Å²) >= 11 is 1.02. The lowest BCUT2D eigenvalue weighted by atomic mass is 9.84. The van der Waals surface area contributed by atoms with E-state index in [2.05, 4.69) is 41.5 Å². The number of nitrogens with two attached hydrogens (primary N) is 1. The average Bonchev–Trinajstić information content (AvgIpc) is 3.35. The molecule has 2 aromatic rings. The minimum atomic E-state index is -4.92. The summed E-state index contributed by atoms with van der Waals surface area (Å²) in [7, 11) is 1.47. The zero-order valence-electron chi connectivity index (χ0n) is 23.5. The van der Waals surface area contributed by atoms with Crippen molar-refractivity contribution in [3.63, 3.8) is 0 Å². The molecule has 0 unspecified atom stereocenters. The van der Waals surface area contributed by atoms with E-state index in [1.165, 1.54) is 10.2 Å². The second-order valence-corrected chi connectivity index (χ2v) is 13.7. The molecule has 2 fully saturated rings. The molecule has 0 aromatic carbocycles. The van der Waals surface area contributed by atoms with Gasteiger partial charge in [0.05, 0.1) is 58.1 Å². The third-order valence-electron chi connectivity index (χ3n) is 7.08. The first-order valence-corrected chi connectivity index (χ1v) is 15.6. The molecule has 4 N–H and O–H groups in total. The van der Waals surface area contributed by atoms with Gasteiger partial charge in [-0.1, -0.05) is 5.16 Å². The van der Waals surface area contributed by atoms with Crippen LogP contribution in [0.1, 0.15) is 49.9 Å². The molecule has 0 radical (unpaired) electrons. The summed E-state index contributed by atoms with van der Waals surface area (Å²) in [5.74, 6) is -4.13. The number of carboxylic acid groups (broad SMARTS) is 1. The number of oxime groups is 1. The molecule has 1 saturated carbocycles. The Morgan fingerprint density at radius 2 is 1.98 bits per heavy atom. The molecule has 1 saturated heterocycles. The quantitative estimate of drug-likeness (QED) is 0.0574. The molecule has 16 nitrogen and oxygen atoms in total. The van der Waals surface area contributed by atoms with Crippen LogP contribution in [0.2, 0.25) is 0 Å². The number of aliphatic carboxylic acids is 1. The number of aromatic nitrogens is 4. The standard InChI is InChI=1S/C24H34N8O8S2/c1-32(2,3)10-6-4-5-7-15-12-26-30(28-15)13-18-16(21(34)31(18)42(37,38)39)11-19(33)20(17-14-41-23(25)27-17)29-40-24(8-9-24)22(35)36/h12,14,16,18H,4-11,13H2,1-3H3,(H3-,25,27,35,36,37,38,39)/p+1/b29-20-/t16-,18+/m0/s1. The van der Waals surface area contributed by atoms with E-state index in [1.54, 1.807) is 6.20 Å². The van der Waals surface area contributed by atoms with Gasteiger partial charge in [-0.25, -0.2) is 14.1 Å². The van der Waals surface area contributed by atoms with Gasteiger partial charge in [0.15, 0.2) is 16.6 Å². The summed E-state index contributed by atoms with van der Waals surface area (Å²) in [6.45, 7) is 0.850. The summed E-state index contributed by atoms with van der Waals surface area (Å²) < 4.78 is 34.8. The number of unbranched alkanes of at least 4 members (excludes halogenated alkanes) is 2. The fraction of sp³-hybridized carbons (Fsp3) is 0.625. The molecule has 42 heavy (non-hydrogen) atoms. The van der Waals surface area contributed by atoms with E-state index < -0.39 is 51.9 Å². The number of anilines is 1. The van der Waals surface area contributed by atoms with Crippen LogP contribution in [0.15, 0.2) is 16.7 Å². The zero-order valence-corrected chi connectivity index (χ0v) is 25.2. The molecule has 1 aliphatic carbocycles. The van der Waals surface area contributed by atoms with Crippen molar-refractivity contribution in [2.45, 2.75) is 63.1 Å². The number of rotatable bonds is 16. The smallest absolute Gasteiger partial charge is 0.362 e. The molecule has 2 atom stereocenters. The number of quaternary nitrogens is 1. The molecule has 3 heterocycles. The molecule has 230 valence electrons. The lowest BCUT2D eigenvalue weighted by Crippen LogP contribution is -2.64. The number of Topliss-reactive ketones (excluding diaryl/α,β-unsaturated/α-hetero) is 1. The number of nitrogen functional groups attached to an aromatic ring is 1. The number of thiazole rings is 1. The van der Waals surface area contributed by atoms with Crippen LogP contribution in [0, 0.1) is 5.92 Å². The molecule has 1 aliphatic heterocycles. The number of amides is 1. The van der Waals surface area contributed by atoms with Crippen LogP contribution in [0.4, 0.5) is 5.13 Å². The fourth-order valence-electron chi connectivity index (χ4n) is 4.58. The maximum atomic E-state index is 13.3. The van der Waals surface area contributed by atoms with Gasteiger partial charge in [0.2, 0.25) is 11.5 Å². The van der Waals surface area contributed by atoms with Gasteiger partial charge in [0, 0.05) is 24.6 Å². The monoisotopic (exact) mass is 627 g/mol. The Hall–Kier alpha value is -3.48. The average molecular weight is 628 g/mol.